The number of piperidine rings is 1. The SMILES string of the molecule is CCC1CN(CC2COC3(CCCC3)O2)CCC1N. The van der Waals surface area contributed by atoms with Crippen LogP contribution in [0.2, 0.25) is 0 Å². The standard InChI is InChI=1S/C15H28N2O2/c1-2-12-9-17(8-5-14(12)16)10-13-11-18-15(19-13)6-3-4-7-15/h12-14H,2-11,16H2,1H3. The number of likely N-dealkylation sites (tertiary alicyclic amines) is 1. The average Bonchev–Trinajstić information content (AvgIpc) is 3.03. The highest BCUT2D eigenvalue weighted by Crippen LogP contribution is 2.39. The van der Waals surface area contributed by atoms with Crippen LogP contribution in [0.5, 0.6) is 0 Å². The third-order valence-electron chi connectivity index (χ3n) is 5.14. The summed E-state index contributed by atoms with van der Waals surface area (Å²) < 4.78 is 12.2. The zero-order chi connectivity index (χ0) is 13.3. The molecule has 1 saturated carbocycles. The molecule has 2 heterocycles. The minimum Gasteiger partial charge on any atom is -0.347 e. The van der Waals surface area contributed by atoms with Crippen LogP contribution in [0.1, 0.15) is 45.4 Å². The van der Waals surface area contributed by atoms with Crippen molar-refractivity contribution in [1.82, 2.24) is 4.90 Å². The van der Waals surface area contributed by atoms with Crippen molar-refractivity contribution in [3.05, 3.63) is 0 Å². The fourth-order valence-corrected chi connectivity index (χ4v) is 3.89. The predicted molar refractivity (Wildman–Crippen MR) is 74.8 cm³/mol. The molecule has 4 heteroatoms. The highest BCUT2D eigenvalue weighted by molar-refractivity contribution is 4.87. The lowest BCUT2D eigenvalue weighted by molar-refractivity contribution is -0.163. The predicted octanol–water partition coefficient (Wildman–Crippen LogP) is 1.73. The van der Waals surface area contributed by atoms with E-state index in [4.69, 9.17) is 15.2 Å². The van der Waals surface area contributed by atoms with Gasteiger partial charge in [-0.3, -0.25) is 0 Å². The highest BCUT2D eigenvalue weighted by Gasteiger charge is 2.44. The van der Waals surface area contributed by atoms with Gasteiger partial charge >= 0.3 is 0 Å². The van der Waals surface area contributed by atoms with E-state index in [9.17, 15) is 0 Å². The lowest BCUT2D eigenvalue weighted by Gasteiger charge is -2.37. The first-order chi connectivity index (χ1) is 9.21. The molecule has 0 bridgehead atoms. The number of rotatable bonds is 3. The van der Waals surface area contributed by atoms with Gasteiger partial charge in [-0.15, -0.1) is 0 Å². The summed E-state index contributed by atoms with van der Waals surface area (Å²) in [7, 11) is 0. The van der Waals surface area contributed by atoms with E-state index in [1.807, 2.05) is 0 Å². The van der Waals surface area contributed by atoms with Crippen LogP contribution in [0.25, 0.3) is 0 Å². The maximum Gasteiger partial charge on any atom is 0.168 e. The Morgan fingerprint density at radius 3 is 2.84 bits per heavy atom. The van der Waals surface area contributed by atoms with Gasteiger partial charge < -0.3 is 20.1 Å². The number of hydrogen-bond acceptors (Lipinski definition) is 4. The molecule has 2 saturated heterocycles. The Morgan fingerprint density at radius 1 is 1.32 bits per heavy atom. The van der Waals surface area contributed by atoms with Gasteiger partial charge in [-0.1, -0.05) is 13.3 Å². The van der Waals surface area contributed by atoms with Crippen molar-refractivity contribution in [3.8, 4) is 0 Å². The topological polar surface area (TPSA) is 47.7 Å². The largest absolute Gasteiger partial charge is 0.347 e. The molecule has 3 unspecified atom stereocenters. The van der Waals surface area contributed by atoms with Crippen LogP contribution in [0.15, 0.2) is 0 Å². The van der Waals surface area contributed by atoms with E-state index >= 15 is 0 Å². The quantitative estimate of drug-likeness (QED) is 0.847. The second kappa shape index (κ2) is 5.68. The number of nitrogens with zero attached hydrogens (tertiary/aromatic N) is 1. The van der Waals surface area contributed by atoms with Gasteiger partial charge in [0.2, 0.25) is 0 Å². The van der Waals surface area contributed by atoms with Gasteiger partial charge in [-0.25, -0.2) is 0 Å². The minimum absolute atomic E-state index is 0.207. The molecule has 110 valence electrons. The zero-order valence-corrected chi connectivity index (χ0v) is 12.1. The lowest BCUT2D eigenvalue weighted by atomic mass is 9.90. The van der Waals surface area contributed by atoms with Gasteiger partial charge in [0.15, 0.2) is 5.79 Å². The molecule has 3 rings (SSSR count). The third kappa shape index (κ3) is 2.97. The summed E-state index contributed by atoms with van der Waals surface area (Å²) in [6.45, 7) is 6.29. The molecule has 0 aromatic heterocycles. The molecule has 1 spiro atoms. The Morgan fingerprint density at radius 2 is 2.11 bits per heavy atom. The molecule has 1 aliphatic carbocycles. The molecular weight excluding hydrogens is 240 g/mol. The third-order valence-corrected chi connectivity index (χ3v) is 5.14. The Bertz CT molecular complexity index is 305. The van der Waals surface area contributed by atoms with Crippen molar-refractivity contribution < 1.29 is 9.47 Å². The lowest BCUT2D eigenvalue weighted by Crippen LogP contribution is -2.49. The van der Waals surface area contributed by atoms with Crippen LogP contribution in [-0.2, 0) is 9.47 Å². The summed E-state index contributed by atoms with van der Waals surface area (Å²) >= 11 is 0. The molecule has 0 aromatic rings. The molecule has 2 N–H and O–H groups in total. The molecule has 2 aliphatic heterocycles. The number of hydrogen-bond donors (Lipinski definition) is 1. The fraction of sp³-hybridized carbons (Fsp3) is 1.00. The van der Waals surface area contributed by atoms with Crippen LogP contribution in [0.4, 0.5) is 0 Å². The Balaban J connectivity index is 1.49. The summed E-state index contributed by atoms with van der Waals surface area (Å²) in [4.78, 5) is 2.53. The van der Waals surface area contributed by atoms with E-state index in [1.54, 1.807) is 0 Å². The zero-order valence-electron chi connectivity index (χ0n) is 12.1. The fourth-order valence-electron chi connectivity index (χ4n) is 3.89. The van der Waals surface area contributed by atoms with Crippen LogP contribution in [-0.4, -0.2) is 49.1 Å². The Hall–Kier alpha value is -0.160. The monoisotopic (exact) mass is 268 g/mol. The van der Waals surface area contributed by atoms with Crippen molar-refractivity contribution in [1.29, 1.82) is 0 Å². The molecular formula is C15H28N2O2. The Labute approximate surface area is 116 Å². The maximum atomic E-state index is 6.21. The normalized spacial score (nSPS) is 39.2. The number of nitrogens with two attached hydrogens (primary N) is 1. The van der Waals surface area contributed by atoms with E-state index in [1.165, 1.54) is 19.3 Å². The number of ether oxygens (including phenoxy) is 2. The minimum atomic E-state index is -0.207. The summed E-state index contributed by atoms with van der Waals surface area (Å²) in [5.41, 5.74) is 6.17. The average molecular weight is 268 g/mol. The van der Waals surface area contributed by atoms with E-state index in [0.29, 0.717) is 12.0 Å². The van der Waals surface area contributed by atoms with Gasteiger partial charge in [0, 0.05) is 32.0 Å². The van der Waals surface area contributed by atoms with Crippen LogP contribution >= 0.6 is 0 Å². The molecule has 19 heavy (non-hydrogen) atoms. The van der Waals surface area contributed by atoms with Crippen molar-refractivity contribution in [3.63, 3.8) is 0 Å². The molecule has 3 fully saturated rings. The van der Waals surface area contributed by atoms with Crippen LogP contribution in [0.3, 0.4) is 0 Å². The summed E-state index contributed by atoms with van der Waals surface area (Å²) in [6.07, 6.45) is 7.26. The molecule has 3 aliphatic rings. The summed E-state index contributed by atoms with van der Waals surface area (Å²) in [5.74, 6) is 0.442. The van der Waals surface area contributed by atoms with E-state index < -0.39 is 0 Å². The molecule has 0 aromatic carbocycles. The first kappa shape index (κ1) is 13.8. The van der Waals surface area contributed by atoms with Crippen LogP contribution < -0.4 is 5.73 Å². The molecule has 4 nitrogen and oxygen atoms in total. The maximum absolute atomic E-state index is 6.21. The van der Waals surface area contributed by atoms with Crippen molar-refractivity contribution in [2.24, 2.45) is 11.7 Å². The first-order valence-electron chi connectivity index (χ1n) is 8.00. The molecule has 0 amide bonds. The molecule has 0 radical (unpaired) electrons. The molecule has 3 atom stereocenters. The van der Waals surface area contributed by atoms with Gasteiger partial charge in [0.25, 0.3) is 0 Å². The second-order valence-corrected chi connectivity index (χ2v) is 6.55. The van der Waals surface area contributed by atoms with Gasteiger partial charge in [0.05, 0.1) is 12.7 Å². The first-order valence-corrected chi connectivity index (χ1v) is 8.00. The smallest absolute Gasteiger partial charge is 0.168 e. The Kier molecular flexibility index (Phi) is 4.13. The second-order valence-electron chi connectivity index (χ2n) is 6.55. The highest BCUT2D eigenvalue weighted by atomic mass is 16.7. The van der Waals surface area contributed by atoms with Crippen molar-refractivity contribution >= 4 is 0 Å². The van der Waals surface area contributed by atoms with Gasteiger partial charge in [0.1, 0.15) is 0 Å². The van der Waals surface area contributed by atoms with Gasteiger partial charge in [-0.05, 0) is 31.7 Å². The summed E-state index contributed by atoms with van der Waals surface area (Å²) in [6, 6.07) is 0.392. The van der Waals surface area contributed by atoms with E-state index in [-0.39, 0.29) is 11.9 Å². The van der Waals surface area contributed by atoms with Gasteiger partial charge in [-0.2, -0.15) is 0 Å². The summed E-state index contributed by atoms with van der Waals surface area (Å²) in [5, 5.41) is 0. The van der Waals surface area contributed by atoms with Crippen molar-refractivity contribution in [2.75, 3.05) is 26.2 Å². The van der Waals surface area contributed by atoms with Crippen molar-refractivity contribution in [2.45, 2.75) is 63.4 Å². The van der Waals surface area contributed by atoms with E-state index in [2.05, 4.69) is 11.8 Å². The van der Waals surface area contributed by atoms with E-state index in [0.717, 1.165) is 45.5 Å². The van der Waals surface area contributed by atoms with Crippen LogP contribution in [0, 0.1) is 5.92 Å².